The predicted molar refractivity (Wildman–Crippen MR) is 212 cm³/mol. The summed E-state index contributed by atoms with van der Waals surface area (Å²) in [5.74, 6) is 1.87. The maximum absolute atomic E-state index is 14.0. The summed E-state index contributed by atoms with van der Waals surface area (Å²) in [6.45, 7) is 0.442. The first kappa shape index (κ1) is 44.6. The van der Waals surface area contributed by atoms with Gasteiger partial charge in [0.2, 0.25) is 6.29 Å². The van der Waals surface area contributed by atoms with Crippen LogP contribution in [0, 0.1) is 0 Å². The third-order valence-corrected chi connectivity index (χ3v) is 10.1. The van der Waals surface area contributed by atoms with E-state index in [1.54, 1.807) is 18.2 Å². The van der Waals surface area contributed by atoms with Crippen LogP contribution >= 0.6 is 0 Å². The highest BCUT2D eigenvalue weighted by atomic mass is 16.7. The number of hydrogen-bond acceptors (Lipinski definition) is 16. The lowest BCUT2D eigenvalue weighted by Gasteiger charge is -2.38. The van der Waals surface area contributed by atoms with Gasteiger partial charge < -0.3 is 63.9 Å². The summed E-state index contributed by atoms with van der Waals surface area (Å²) in [6.07, 6.45) is -10.4. The minimum atomic E-state index is -1.97. The van der Waals surface area contributed by atoms with Crippen molar-refractivity contribution in [2.75, 3.05) is 66.8 Å². The fourth-order valence-electron chi connectivity index (χ4n) is 6.89. The van der Waals surface area contributed by atoms with E-state index >= 15 is 0 Å². The predicted octanol–water partition coefficient (Wildman–Crippen LogP) is 0.791. The molecule has 2 aliphatic rings. The lowest BCUT2D eigenvalue weighted by Crippen LogP contribution is -2.61. The van der Waals surface area contributed by atoms with Crippen LogP contribution < -0.4 is 20.7 Å². The third kappa shape index (κ3) is 9.82. The normalized spacial score (nSPS) is 19.8. The molecule has 0 bridgehead atoms. The van der Waals surface area contributed by atoms with Gasteiger partial charge in [-0.1, -0.05) is 30.3 Å². The molecule has 0 unspecified atom stereocenters. The highest BCUT2D eigenvalue weighted by Crippen LogP contribution is 2.40. The Labute approximate surface area is 348 Å². The quantitative estimate of drug-likeness (QED) is 0.0329. The van der Waals surface area contributed by atoms with Crippen molar-refractivity contribution >= 4 is 51.3 Å². The van der Waals surface area contributed by atoms with E-state index in [0.29, 0.717) is 38.6 Å². The van der Waals surface area contributed by atoms with Crippen molar-refractivity contribution < 1.29 is 77.7 Å². The van der Waals surface area contributed by atoms with Gasteiger partial charge in [0, 0.05) is 43.0 Å². The first-order valence-electron chi connectivity index (χ1n) is 19.1. The SMILES string of the molecule is COc1ccc2c3c(c4ccccc4cc13)C(=O)N(CCN(C)C(=O)OCc1ccc(O[C@@H]3O[C@H](C(=O)O)[C@@H](O)[C@H](O)[C@H]3O)c(C(=O)NCCOCCOCCON)c1)C2=O. The fraction of sp³-hybridized carbons (Fsp3) is 0.390. The summed E-state index contributed by atoms with van der Waals surface area (Å²) < 4.78 is 32.7. The number of aliphatic hydroxyl groups is 3. The number of nitrogens with zero attached hydrogens (tertiary/aromatic N) is 2. The van der Waals surface area contributed by atoms with Crippen LogP contribution in [0.5, 0.6) is 11.5 Å². The van der Waals surface area contributed by atoms with Crippen LogP contribution in [0.15, 0.2) is 60.7 Å². The number of ether oxygens (including phenoxy) is 6. The number of aliphatic hydroxyl groups excluding tert-OH is 3. The minimum Gasteiger partial charge on any atom is -0.496 e. The molecule has 61 heavy (non-hydrogen) atoms. The van der Waals surface area contributed by atoms with Gasteiger partial charge in [0.1, 0.15) is 36.4 Å². The Morgan fingerprint density at radius 3 is 2.33 bits per heavy atom. The van der Waals surface area contributed by atoms with Gasteiger partial charge in [0.05, 0.1) is 51.3 Å². The average Bonchev–Trinajstić information content (AvgIpc) is 3.26. The Morgan fingerprint density at radius 2 is 1.59 bits per heavy atom. The van der Waals surface area contributed by atoms with E-state index < -0.39 is 60.5 Å². The average molecular weight is 851 g/mol. The summed E-state index contributed by atoms with van der Waals surface area (Å²) >= 11 is 0. The molecule has 0 saturated carbocycles. The van der Waals surface area contributed by atoms with Gasteiger partial charge in [-0.05, 0) is 46.7 Å². The number of carbonyl (C=O) groups is 5. The van der Waals surface area contributed by atoms with Crippen molar-refractivity contribution in [3.8, 4) is 11.5 Å². The number of methoxy groups -OCH3 is 1. The van der Waals surface area contributed by atoms with Gasteiger partial charge >= 0.3 is 12.1 Å². The molecule has 1 fully saturated rings. The second-order valence-electron chi connectivity index (χ2n) is 14.0. The number of nitrogens with one attached hydrogen (secondary N) is 1. The molecular weight excluding hydrogens is 804 g/mol. The van der Waals surface area contributed by atoms with Crippen LogP contribution in [0.1, 0.15) is 36.6 Å². The number of nitrogens with two attached hydrogens (primary N) is 1. The molecule has 2 aliphatic heterocycles. The van der Waals surface area contributed by atoms with Crippen molar-refractivity contribution in [2.45, 2.75) is 37.3 Å². The molecule has 20 nitrogen and oxygen atoms in total. The van der Waals surface area contributed by atoms with Crippen LogP contribution in [0.3, 0.4) is 0 Å². The number of hydrogen-bond donors (Lipinski definition) is 6. The number of carbonyl (C=O) groups excluding carboxylic acids is 4. The Hall–Kier alpha value is -5.97. The third-order valence-electron chi connectivity index (χ3n) is 10.1. The molecule has 0 aromatic heterocycles. The molecule has 4 aromatic rings. The van der Waals surface area contributed by atoms with Crippen molar-refractivity contribution in [1.29, 1.82) is 0 Å². The topological polar surface area (TPSA) is 275 Å². The molecule has 0 aliphatic carbocycles. The molecule has 4 amide bonds. The number of benzene rings is 4. The zero-order valence-electron chi connectivity index (χ0n) is 33.2. The molecule has 0 radical (unpaired) electrons. The standard InChI is InChI=1S/C41H46N4O16/c1-44(12-13-45-37(50)25-8-10-28(55-2)26-20-23-5-3-4-6-24(23)31(30(25)26)38(45)51)41(54)58-21-22-7-9-29(60-40-34(48)32(46)33(47)35(61-40)39(52)53)27(19-22)36(49)43-11-14-56-15-16-57-17-18-59-42/h3-10,19-20,32-35,40,46-48H,11-18,21,42H2,1-2H3,(H,43,49)(H,52,53)/t32-,33-,34+,35-,40+/m0/s1. The molecule has 5 atom stereocenters. The molecule has 6 rings (SSSR count). The molecule has 1 saturated heterocycles. The van der Waals surface area contributed by atoms with Gasteiger partial charge in [0.15, 0.2) is 6.10 Å². The zero-order valence-corrected chi connectivity index (χ0v) is 33.2. The van der Waals surface area contributed by atoms with E-state index in [0.717, 1.165) is 10.3 Å². The largest absolute Gasteiger partial charge is 0.496 e. The second-order valence-corrected chi connectivity index (χ2v) is 14.0. The van der Waals surface area contributed by atoms with Gasteiger partial charge in [-0.15, -0.1) is 0 Å². The lowest BCUT2D eigenvalue weighted by atomic mass is 9.89. The van der Waals surface area contributed by atoms with E-state index in [-0.39, 0.29) is 70.6 Å². The number of carboxylic acids is 1. The number of likely N-dealkylation sites (N-methyl/N-ethyl adjacent to an activating group) is 1. The molecule has 7 N–H and O–H groups in total. The van der Waals surface area contributed by atoms with Crippen molar-refractivity contribution in [3.63, 3.8) is 0 Å². The summed E-state index contributed by atoms with van der Waals surface area (Å²) in [4.78, 5) is 72.7. The van der Waals surface area contributed by atoms with Crippen LogP contribution in [-0.4, -0.2) is 158 Å². The van der Waals surface area contributed by atoms with E-state index in [2.05, 4.69) is 10.2 Å². The number of fused-ring (bicyclic) bond motifs is 2. The molecule has 2 heterocycles. The van der Waals surface area contributed by atoms with E-state index in [1.165, 1.54) is 37.3 Å². The summed E-state index contributed by atoms with van der Waals surface area (Å²) in [7, 11) is 2.94. The molecule has 0 spiro atoms. The molecule has 326 valence electrons. The Bertz CT molecular complexity index is 2270. The highest BCUT2D eigenvalue weighted by Gasteiger charge is 2.48. The minimum absolute atomic E-state index is 0.0237. The van der Waals surface area contributed by atoms with Crippen LogP contribution in [0.25, 0.3) is 21.5 Å². The monoisotopic (exact) mass is 850 g/mol. The summed E-state index contributed by atoms with van der Waals surface area (Å²) in [6, 6.07) is 16.5. The second kappa shape index (κ2) is 20.1. The van der Waals surface area contributed by atoms with E-state index in [4.69, 9.17) is 34.3 Å². The first-order valence-corrected chi connectivity index (χ1v) is 19.1. The molecule has 4 aromatic carbocycles. The van der Waals surface area contributed by atoms with E-state index in [9.17, 15) is 44.4 Å². The fourth-order valence-corrected chi connectivity index (χ4v) is 6.89. The first-order chi connectivity index (χ1) is 29.4. The van der Waals surface area contributed by atoms with Gasteiger partial charge in [-0.25, -0.2) is 15.5 Å². The summed E-state index contributed by atoms with van der Waals surface area (Å²) in [5, 5.41) is 45.6. The number of aliphatic carboxylic acids is 1. The van der Waals surface area contributed by atoms with Crippen molar-refractivity contribution in [2.24, 2.45) is 5.90 Å². The molecule has 20 heteroatoms. The zero-order chi connectivity index (χ0) is 43.8. The maximum Gasteiger partial charge on any atom is 0.409 e. The highest BCUT2D eigenvalue weighted by molar-refractivity contribution is 6.31. The number of amides is 4. The van der Waals surface area contributed by atoms with Crippen LogP contribution in [0.4, 0.5) is 4.79 Å². The molecular formula is C41H46N4O16. The van der Waals surface area contributed by atoms with Gasteiger partial charge in [-0.3, -0.25) is 19.3 Å². The Balaban J connectivity index is 1.12. The van der Waals surface area contributed by atoms with Crippen LogP contribution in [-0.2, 0) is 35.2 Å². The maximum atomic E-state index is 14.0. The number of carboxylic acid groups (broad SMARTS) is 1. The van der Waals surface area contributed by atoms with Crippen LogP contribution in [0.2, 0.25) is 0 Å². The van der Waals surface area contributed by atoms with Gasteiger partial charge in [-0.2, -0.15) is 0 Å². The lowest BCUT2D eigenvalue weighted by molar-refractivity contribution is -0.271. The Kier molecular flexibility index (Phi) is 14.7. The van der Waals surface area contributed by atoms with Crippen molar-refractivity contribution in [1.82, 2.24) is 15.1 Å². The van der Waals surface area contributed by atoms with Crippen molar-refractivity contribution in [3.05, 3.63) is 82.9 Å². The number of imide groups is 1. The smallest absolute Gasteiger partial charge is 0.409 e. The number of rotatable bonds is 19. The Morgan fingerprint density at radius 1 is 0.869 bits per heavy atom. The summed E-state index contributed by atoms with van der Waals surface area (Å²) in [5.41, 5.74) is 0.816. The van der Waals surface area contributed by atoms with Gasteiger partial charge in [0.25, 0.3) is 17.7 Å². The van der Waals surface area contributed by atoms with E-state index in [1.807, 2.05) is 24.3 Å².